The van der Waals surface area contributed by atoms with Crippen molar-refractivity contribution >= 4 is 22.9 Å². The van der Waals surface area contributed by atoms with E-state index in [-0.39, 0.29) is 12.7 Å². The molecule has 4 aromatic rings. The fourth-order valence-electron chi connectivity index (χ4n) is 4.38. The highest BCUT2D eigenvalue weighted by molar-refractivity contribution is 6.30. The van der Waals surface area contributed by atoms with Crippen LogP contribution in [0, 0.1) is 11.3 Å². The number of piperidine rings is 1. The monoisotopic (exact) mass is 517 g/mol. The number of aromatic nitrogens is 3. The summed E-state index contributed by atoms with van der Waals surface area (Å²) < 4.78 is 13.6. The zero-order valence-corrected chi connectivity index (χ0v) is 21.5. The van der Waals surface area contributed by atoms with E-state index in [0.717, 1.165) is 48.6 Å². The second kappa shape index (κ2) is 10.3. The van der Waals surface area contributed by atoms with E-state index in [1.807, 2.05) is 48.7 Å². The molecule has 0 saturated carbocycles. The van der Waals surface area contributed by atoms with Gasteiger partial charge >= 0.3 is 0 Å². The highest BCUT2D eigenvalue weighted by atomic mass is 35.5. The zero-order chi connectivity index (χ0) is 26.0. The van der Waals surface area contributed by atoms with Gasteiger partial charge in [0, 0.05) is 48.3 Å². The van der Waals surface area contributed by atoms with E-state index in [1.165, 1.54) is 6.20 Å². The molecular formula is C28H28ClN5O3. The van der Waals surface area contributed by atoms with E-state index >= 15 is 0 Å². The van der Waals surface area contributed by atoms with Crippen molar-refractivity contribution in [3.63, 3.8) is 0 Å². The lowest BCUT2D eigenvalue weighted by Gasteiger charge is -2.33. The second-order valence-corrected chi connectivity index (χ2v) is 10.3. The molecule has 8 nitrogen and oxygen atoms in total. The molecule has 5 rings (SSSR count). The Labute approximate surface area is 220 Å². The molecule has 9 heteroatoms. The van der Waals surface area contributed by atoms with Gasteiger partial charge in [0.25, 0.3) is 0 Å². The van der Waals surface area contributed by atoms with E-state index < -0.39 is 5.60 Å². The first-order valence-electron chi connectivity index (χ1n) is 12.2. The minimum absolute atomic E-state index is 0.124. The zero-order valence-electron chi connectivity index (χ0n) is 20.8. The Morgan fingerprint density at radius 1 is 1.11 bits per heavy atom. The molecule has 37 heavy (non-hydrogen) atoms. The third-order valence-electron chi connectivity index (χ3n) is 6.24. The average Bonchev–Trinajstić information content (AvgIpc) is 3.32. The number of rotatable bonds is 7. The number of hydrogen-bond acceptors (Lipinski definition) is 7. The summed E-state index contributed by atoms with van der Waals surface area (Å²) in [5, 5.41) is 24.7. The first-order valence-corrected chi connectivity index (χ1v) is 12.6. The number of ether oxygens (including phenoxy) is 2. The molecule has 0 radical (unpaired) electrons. The molecule has 1 N–H and O–H groups in total. The van der Waals surface area contributed by atoms with Gasteiger partial charge in [0.15, 0.2) is 0 Å². The average molecular weight is 518 g/mol. The van der Waals surface area contributed by atoms with E-state index in [4.69, 9.17) is 26.1 Å². The smallest absolute Gasteiger partial charge is 0.138 e. The van der Waals surface area contributed by atoms with Gasteiger partial charge in [0.1, 0.15) is 36.1 Å². The molecule has 1 aliphatic rings. The van der Waals surface area contributed by atoms with Crippen molar-refractivity contribution in [3.8, 4) is 28.7 Å². The Balaban J connectivity index is 1.32. The van der Waals surface area contributed by atoms with Crippen molar-refractivity contribution in [2.24, 2.45) is 0 Å². The van der Waals surface area contributed by atoms with Gasteiger partial charge in [-0.25, -0.2) is 9.50 Å². The van der Waals surface area contributed by atoms with Crippen LogP contribution in [-0.4, -0.2) is 51.1 Å². The Morgan fingerprint density at radius 3 is 2.51 bits per heavy atom. The van der Waals surface area contributed by atoms with Crippen LogP contribution in [0.1, 0.15) is 32.3 Å². The highest BCUT2D eigenvalue weighted by Crippen LogP contribution is 2.32. The van der Waals surface area contributed by atoms with E-state index in [1.54, 1.807) is 24.6 Å². The molecule has 0 spiro atoms. The summed E-state index contributed by atoms with van der Waals surface area (Å²) in [6, 6.07) is 15.5. The van der Waals surface area contributed by atoms with Gasteiger partial charge in [-0.1, -0.05) is 11.6 Å². The van der Waals surface area contributed by atoms with Crippen LogP contribution < -0.4 is 14.4 Å². The van der Waals surface area contributed by atoms with E-state index in [0.29, 0.717) is 21.9 Å². The van der Waals surface area contributed by atoms with Crippen molar-refractivity contribution in [1.82, 2.24) is 14.6 Å². The van der Waals surface area contributed by atoms with Crippen LogP contribution in [-0.2, 0) is 0 Å². The predicted octanol–water partition coefficient (Wildman–Crippen LogP) is 5.12. The Kier molecular flexibility index (Phi) is 6.92. The number of anilines is 1. The number of halogens is 1. The molecule has 1 saturated heterocycles. The van der Waals surface area contributed by atoms with Gasteiger partial charge in [-0.15, -0.1) is 0 Å². The van der Waals surface area contributed by atoms with E-state index in [2.05, 4.69) is 16.1 Å². The Hall–Kier alpha value is -3.80. The Bertz CT molecular complexity index is 1410. The van der Waals surface area contributed by atoms with Crippen LogP contribution in [0.2, 0.25) is 5.02 Å². The molecule has 1 aromatic carbocycles. The SMILES string of the molecule is CC(C)(O)COc1cc(-c2ccc(N3CCC(Oc4ccc(Cl)cc4)CC3)nc2)c2c(C#N)cnn2c1. The second-order valence-electron chi connectivity index (χ2n) is 9.82. The summed E-state index contributed by atoms with van der Waals surface area (Å²) >= 11 is 5.96. The van der Waals surface area contributed by atoms with Crippen molar-refractivity contribution in [2.45, 2.75) is 38.4 Å². The normalized spacial score (nSPS) is 14.5. The number of pyridine rings is 2. The maximum atomic E-state index is 10.1. The summed E-state index contributed by atoms with van der Waals surface area (Å²) in [6.45, 7) is 5.18. The van der Waals surface area contributed by atoms with Crippen LogP contribution in [0.25, 0.3) is 16.6 Å². The molecule has 1 aliphatic heterocycles. The fourth-order valence-corrected chi connectivity index (χ4v) is 4.50. The molecule has 1 fully saturated rings. The molecule has 190 valence electrons. The first-order chi connectivity index (χ1) is 17.8. The minimum atomic E-state index is -0.979. The summed E-state index contributed by atoms with van der Waals surface area (Å²) in [6.07, 6.45) is 7.01. The molecule has 0 aliphatic carbocycles. The highest BCUT2D eigenvalue weighted by Gasteiger charge is 2.22. The van der Waals surface area contributed by atoms with Crippen molar-refractivity contribution in [1.29, 1.82) is 5.26 Å². The molecule has 4 heterocycles. The lowest BCUT2D eigenvalue weighted by molar-refractivity contribution is 0.0283. The standard InChI is InChI=1S/C28H28ClN5O3/c1-28(2,35)18-36-24-13-25(27-20(14-30)16-32-34(27)17-24)19-3-8-26(31-15-19)33-11-9-23(10-12-33)37-22-6-4-21(29)5-7-22/h3-8,13,15-17,23,35H,9-12,18H2,1-2H3. The van der Waals surface area contributed by atoms with Gasteiger partial charge in [-0.2, -0.15) is 10.4 Å². The summed E-state index contributed by atoms with van der Waals surface area (Å²) in [7, 11) is 0. The number of nitriles is 1. The summed E-state index contributed by atoms with van der Waals surface area (Å²) in [5.41, 5.74) is 1.81. The maximum absolute atomic E-state index is 10.1. The van der Waals surface area contributed by atoms with Gasteiger partial charge in [-0.3, -0.25) is 0 Å². The Morgan fingerprint density at radius 2 is 1.86 bits per heavy atom. The number of aliphatic hydroxyl groups is 1. The van der Waals surface area contributed by atoms with Gasteiger partial charge in [0.05, 0.1) is 29.1 Å². The van der Waals surface area contributed by atoms with Crippen LogP contribution >= 0.6 is 11.6 Å². The predicted molar refractivity (Wildman–Crippen MR) is 142 cm³/mol. The molecular weight excluding hydrogens is 490 g/mol. The van der Waals surface area contributed by atoms with Gasteiger partial charge in [0.2, 0.25) is 0 Å². The van der Waals surface area contributed by atoms with Gasteiger partial charge < -0.3 is 19.5 Å². The van der Waals surface area contributed by atoms with Crippen LogP contribution in [0.15, 0.2) is 61.1 Å². The molecule has 0 atom stereocenters. The number of nitrogens with zero attached hydrogens (tertiary/aromatic N) is 5. The lowest BCUT2D eigenvalue weighted by atomic mass is 10.0. The summed E-state index contributed by atoms with van der Waals surface area (Å²) in [4.78, 5) is 6.99. The number of benzene rings is 1. The molecule has 0 unspecified atom stereocenters. The first kappa shape index (κ1) is 24.9. The van der Waals surface area contributed by atoms with Crippen LogP contribution in [0.3, 0.4) is 0 Å². The summed E-state index contributed by atoms with van der Waals surface area (Å²) in [5.74, 6) is 2.28. The minimum Gasteiger partial charge on any atom is -0.490 e. The van der Waals surface area contributed by atoms with Crippen LogP contribution in [0.4, 0.5) is 5.82 Å². The third kappa shape index (κ3) is 5.79. The largest absolute Gasteiger partial charge is 0.490 e. The number of hydrogen-bond donors (Lipinski definition) is 1. The number of fused-ring (bicyclic) bond motifs is 1. The van der Waals surface area contributed by atoms with E-state index in [9.17, 15) is 10.4 Å². The lowest BCUT2D eigenvalue weighted by Crippen LogP contribution is -2.38. The topological polar surface area (TPSA) is 95.9 Å². The molecule has 0 bridgehead atoms. The van der Waals surface area contributed by atoms with Gasteiger partial charge in [-0.05, 0) is 56.3 Å². The molecule has 0 amide bonds. The maximum Gasteiger partial charge on any atom is 0.138 e. The fraction of sp³-hybridized carbons (Fsp3) is 0.321. The van der Waals surface area contributed by atoms with Crippen molar-refractivity contribution in [3.05, 3.63) is 71.6 Å². The van der Waals surface area contributed by atoms with Crippen LogP contribution in [0.5, 0.6) is 11.5 Å². The molecule has 3 aromatic heterocycles. The van der Waals surface area contributed by atoms with Crippen molar-refractivity contribution < 1.29 is 14.6 Å². The third-order valence-corrected chi connectivity index (χ3v) is 6.49. The quantitative estimate of drug-likeness (QED) is 0.363. The van der Waals surface area contributed by atoms with Crippen molar-refractivity contribution in [2.75, 3.05) is 24.6 Å².